The van der Waals surface area contributed by atoms with E-state index in [4.69, 9.17) is 0 Å². The molecule has 1 aromatic heterocycles. The third kappa shape index (κ3) is 2.18. The van der Waals surface area contributed by atoms with Crippen molar-refractivity contribution in [1.82, 2.24) is 14.8 Å². The fraction of sp³-hybridized carbons (Fsp3) is 0.273. The summed E-state index contributed by atoms with van der Waals surface area (Å²) in [5.74, 6) is -0.313. The number of halogens is 1. The second-order valence-electron chi connectivity index (χ2n) is 3.43. The Labute approximate surface area is 93.1 Å². The van der Waals surface area contributed by atoms with Gasteiger partial charge in [0.1, 0.15) is 18.3 Å². The second kappa shape index (κ2) is 4.74. The lowest BCUT2D eigenvalue weighted by Gasteiger charge is -2.07. The zero-order valence-corrected chi connectivity index (χ0v) is 9.02. The van der Waals surface area contributed by atoms with Gasteiger partial charge in [-0.3, -0.25) is 0 Å². The van der Waals surface area contributed by atoms with Gasteiger partial charge < -0.3 is 5.32 Å². The molecule has 4 nitrogen and oxygen atoms in total. The Morgan fingerprint density at radius 3 is 2.94 bits per heavy atom. The van der Waals surface area contributed by atoms with Crippen LogP contribution in [0.25, 0.3) is 5.69 Å². The molecule has 1 N–H and O–H groups in total. The van der Waals surface area contributed by atoms with Gasteiger partial charge in [0, 0.05) is 12.2 Å². The normalized spacial score (nSPS) is 10.4. The largest absolute Gasteiger partial charge is 0.385 e. The fourth-order valence-electron chi connectivity index (χ4n) is 1.40. The number of aromatic nitrogens is 3. The molecule has 0 saturated carbocycles. The van der Waals surface area contributed by atoms with Crippen LogP contribution in [0.4, 0.5) is 10.1 Å². The topological polar surface area (TPSA) is 42.7 Å². The van der Waals surface area contributed by atoms with Crippen molar-refractivity contribution in [3.05, 3.63) is 36.7 Å². The van der Waals surface area contributed by atoms with E-state index >= 15 is 0 Å². The lowest BCUT2D eigenvalue weighted by Crippen LogP contribution is -2.02. The van der Waals surface area contributed by atoms with E-state index in [-0.39, 0.29) is 5.82 Å². The van der Waals surface area contributed by atoms with Gasteiger partial charge in [0.25, 0.3) is 0 Å². The molecule has 1 heterocycles. The Bertz CT molecular complexity index is 453. The molecule has 0 radical (unpaired) electrons. The van der Waals surface area contributed by atoms with Crippen LogP contribution in [-0.2, 0) is 0 Å². The zero-order valence-electron chi connectivity index (χ0n) is 9.02. The number of anilines is 1. The van der Waals surface area contributed by atoms with Gasteiger partial charge in [0.15, 0.2) is 5.82 Å². The highest BCUT2D eigenvalue weighted by atomic mass is 19.1. The van der Waals surface area contributed by atoms with E-state index in [2.05, 4.69) is 22.3 Å². The van der Waals surface area contributed by atoms with Crippen molar-refractivity contribution in [2.75, 3.05) is 11.9 Å². The lowest BCUT2D eigenvalue weighted by atomic mass is 10.2. The summed E-state index contributed by atoms with van der Waals surface area (Å²) in [5.41, 5.74) is 1.18. The molecule has 0 amide bonds. The molecule has 0 fully saturated rings. The number of hydrogen-bond donors (Lipinski definition) is 1. The van der Waals surface area contributed by atoms with E-state index in [0.717, 1.165) is 18.7 Å². The smallest absolute Gasteiger partial charge is 0.150 e. The average Bonchev–Trinajstić information content (AvgIpc) is 2.80. The minimum Gasteiger partial charge on any atom is -0.385 e. The molecule has 0 unspecified atom stereocenters. The molecule has 16 heavy (non-hydrogen) atoms. The highest BCUT2D eigenvalue weighted by molar-refractivity contribution is 5.49. The van der Waals surface area contributed by atoms with Crippen molar-refractivity contribution in [1.29, 1.82) is 0 Å². The molecular weight excluding hydrogens is 207 g/mol. The van der Waals surface area contributed by atoms with E-state index in [1.54, 1.807) is 6.07 Å². The Morgan fingerprint density at radius 2 is 2.31 bits per heavy atom. The zero-order chi connectivity index (χ0) is 11.4. The van der Waals surface area contributed by atoms with Gasteiger partial charge in [-0.1, -0.05) is 6.92 Å². The van der Waals surface area contributed by atoms with Gasteiger partial charge in [0.05, 0.1) is 0 Å². The molecule has 0 aliphatic heterocycles. The van der Waals surface area contributed by atoms with Gasteiger partial charge in [-0.25, -0.2) is 14.1 Å². The summed E-state index contributed by atoms with van der Waals surface area (Å²) in [6.07, 6.45) is 3.85. The average molecular weight is 220 g/mol. The SMILES string of the molecule is CCCNc1ccc(-n2cncn2)c(F)c1. The number of hydrogen-bond acceptors (Lipinski definition) is 3. The number of nitrogens with one attached hydrogen (secondary N) is 1. The Hall–Kier alpha value is -1.91. The first kappa shape index (κ1) is 10.6. The summed E-state index contributed by atoms with van der Waals surface area (Å²) >= 11 is 0. The van der Waals surface area contributed by atoms with E-state index in [9.17, 15) is 4.39 Å². The monoisotopic (exact) mass is 220 g/mol. The molecule has 5 heteroatoms. The van der Waals surface area contributed by atoms with Gasteiger partial charge in [0.2, 0.25) is 0 Å². The first-order valence-electron chi connectivity index (χ1n) is 5.19. The van der Waals surface area contributed by atoms with Crippen LogP contribution in [0.15, 0.2) is 30.9 Å². The van der Waals surface area contributed by atoms with Crippen LogP contribution < -0.4 is 5.32 Å². The van der Waals surface area contributed by atoms with E-state index < -0.39 is 0 Å². The minimum atomic E-state index is -0.313. The first-order chi connectivity index (χ1) is 7.81. The van der Waals surface area contributed by atoms with Gasteiger partial charge in [-0.05, 0) is 24.6 Å². The van der Waals surface area contributed by atoms with Crippen LogP contribution >= 0.6 is 0 Å². The molecule has 0 bridgehead atoms. The Balaban J connectivity index is 2.23. The van der Waals surface area contributed by atoms with Crippen molar-refractivity contribution >= 4 is 5.69 Å². The summed E-state index contributed by atoms with van der Waals surface area (Å²) in [4.78, 5) is 3.78. The van der Waals surface area contributed by atoms with Crippen molar-refractivity contribution in [2.24, 2.45) is 0 Å². The summed E-state index contributed by atoms with van der Waals surface area (Å²) < 4.78 is 15.1. The standard InChI is InChI=1S/C11H13FN4/c1-2-5-14-9-3-4-11(10(12)6-9)16-8-13-7-15-16/h3-4,6-8,14H,2,5H2,1H3. The molecular formula is C11H13FN4. The molecule has 2 rings (SSSR count). The molecule has 0 atom stereocenters. The predicted octanol–water partition coefficient (Wildman–Crippen LogP) is 2.23. The Kier molecular flexibility index (Phi) is 3.14. The lowest BCUT2D eigenvalue weighted by molar-refractivity contribution is 0.611. The summed E-state index contributed by atoms with van der Waals surface area (Å²) in [7, 11) is 0. The maximum atomic E-state index is 13.7. The van der Waals surface area contributed by atoms with Crippen molar-refractivity contribution < 1.29 is 4.39 Å². The third-order valence-corrected chi connectivity index (χ3v) is 2.19. The van der Waals surface area contributed by atoms with Crippen LogP contribution in [0.5, 0.6) is 0 Å². The molecule has 0 spiro atoms. The number of nitrogens with zero attached hydrogens (tertiary/aromatic N) is 3. The first-order valence-corrected chi connectivity index (χ1v) is 5.19. The second-order valence-corrected chi connectivity index (χ2v) is 3.43. The molecule has 2 aromatic rings. The highest BCUT2D eigenvalue weighted by Crippen LogP contribution is 2.17. The fourth-order valence-corrected chi connectivity index (χ4v) is 1.40. The van der Waals surface area contributed by atoms with Crippen molar-refractivity contribution in [3.8, 4) is 5.69 Å². The number of benzene rings is 1. The minimum absolute atomic E-state index is 0.313. The maximum Gasteiger partial charge on any atom is 0.150 e. The van der Waals surface area contributed by atoms with Crippen LogP contribution in [0, 0.1) is 5.82 Å². The molecule has 0 aliphatic rings. The van der Waals surface area contributed by atoms with Crippen molar-refractivity contribution in [2.45, 2.75) is 13.3 Å². The van der Waals surface area contributed by atoms with E-state index in [1.807, 2.05) is 6.07 Å². The quantitative estimate of drug-likeness (QED) is 0.859. The van der Waals surface area contributed by atoms with Gasteiger partial charge in [-0.2, -0.15) is 5.10 Å². The van der Waals surface area contributed by atoms with Crippen LogP contribution in [0.3, 0.4) is 0 Å². The van der Waals surface area contributed by atoms with E-state index in [0.29, 0.717) is 5.69 Å². The van der Waals surface area contributed by atoms with Crippen LogP contribution in [0.2, 0.25) is 0 Å². The van der Waals surface area contributed by atoms with E-state index in [1.165, 1.54) is 23.4 Å². The molecule has 0 saturated heterocycles. The van der Waals surface area contributed by atoms with Gasteiger partial charge in [-0.15, -0.1) is 0 Å². The molecule has 0 aliphatic carbocycles. The van der Waals surface area contributed by atoms with Crippen LogP contribution in [0.1, 0.15) is 13.3 Å². The summed E-state index contributed by atoms with van der Waals surface area (Å²) in [6.45, 7) is 2.90. The predicted molar refractivity (Wildman–Crippen MR) is 60.1 cm³/mol. The third-order valence-electron chi connectivity index (χ3n) is 2.19. The summed E-state index contributed by atoms with van der Waals surface area (Å²) in [6, 6.07) is 4.98. The molecule has 1 aromatic carbocycles. The van der Waals surface area contributed by atoms with Crippen LogP contribution in [-0.4, -0.2) is 21.3 Å². The van der Waals surface area contributed by atoms with Crippen molar-refractivity contribution in [3.63, 3.8) is 0 Å². The van der Waals surface area contributed by atoms with Gasteiger partial charge >= 0.3 is 0 Å². The Morgan fingerprint density at radius 1 is 1.44 bits per heavy atom. The molecule has 84 valence electrons. The summed E-state index contributed by atoms with van der Waals surface area (Å²) in [5, 5.41) is 7.01. The number of rotatable bonds is 4. The highest BCUT2D eigenvalue weighted by Gasteiger charge is 2.05. The maximum absolute atomic E-state index is 13.7.